The molecule has 1 aromatic carbocycles. The number of carboxylic acid groups (broad SMARTS) is 1. The molecule has 1 heterocycles. The van der Waals surface area contributed by atoms with Crippen LogP contribution in [0.25, 0.3) is 6.08 Å². The van der Waals surface area contributed by atoms with Crippen molar-refractivity contribution >= 4 is 23.8 Å². The summed E-state index contributed by atoms with van der Waals surface area (Å²) < 4.78 is 20.9. The highest BCUT2D eigenvalue weighted by atomic mass is 32.2. The van der Waals surface area contributed by atoms with Crippen LogP contribution in [0.1, 0.15) is 11.5 Å². The molecule has 0 amide bonds. The second kappa shape index (κ2) is 7.73. The van der Waals surface area contributed by atoms with Gasteiger partial charge < -0.3 is 23.7 Å². The number of benzene rings is 1. The van der Waals surface area contributed by atoms with Crippen LogP contribution in [0.3, 0.4) is 0 Å². The van der Waals surface area contributed by atoms with Gasteiger partial charge in [-0.1, -0.05) is 0 Å². The number of hydrogen-bond donors (Lipinski definition) is 1. The lowest BCUT2D eigenvalue weighted by Gasteiger charge is -2.12. The van der Waals surface area contributed by atoms with E-state index in [9.17, 15) is 9.90 Å². The molecule has 128 valence electrons. The number of carboxylic acids is 1. The summed E-state index contributed by atoms with van der Waals surface area (Å²) in [4.78, 5) is 11.5. The normalized spacial score (nSPS) is 11.2. The van der Waals surface area contributed by atoms with Crippen molar-refractivity contribution in [1.29, 1.82) is 0 Å². The average molecular weight is 352 g/mol. The fourth-order valence-electron chi connectivity index (χ4n) is 1.86. The van der Waals surface area contributed by atoms with E-state index in [0.29, 0.717) is 28.7 Å². The number of hydrogen-bond acceptors (Lipinski definition) is 8. The molecule has 8 nitrogen and oxygen atoms in total. The molecule has 0 aliphatic rings. The van der Waals surface area contributed by atoms with Gasteiger partial charge in [-0.05, 0) is 23.9 Å². The van der Waals surface area contributed by atoms with Crippen LogP contribution < -0.4 is 14.2 Å². The number of rotatable bonds is 7. The molecule has 0 unspecified atom stereocenters. The minimum absolute atomic E-state index is 0.0100. The molecular formula is C15H16N2O6S. The standard InChI is InChI=1S/C15H16N2O6S/c1-8-16-17-15(23-8)24-13(14(18)19)6-9-5-11(21-3)12(22-4)7-10(9)20-2/h5-7H,1-4H3,(H,18,19)/b13-6-. The van der Waals surface area contributed by atoms with Gasteiger partial charge in [0.15, 0.2) is 11.5 Å². The number of nitrogens with zero attached hydrogens (tertiary/aromatic N) is 2. The van der Waals surface area contributed by atoms with Gasteiger partial charge in [0.05, 0.1) is 21.3 Å². The number of thioether (sulfide) groups is 1. The van der Waals surface area contributed by atoms with E-state index in [1.54, 1.807) is 19.1 Å². The van der Waals surface area contributed by atoms with Gasteiger partial charge in [0.2, 0.25) is 5.89 Å². The van der Waals surface area contributed by atoms with E-state index >= 15 is 0 Å². The summed E-state index contributed by atoms with van der Waals surface area (Å²) in [7, 11) is 4.47. The van der Waals surface area contributed by atoms with Crippen LogP contribution >= 0.6 is 11.8 Å². The van der Waals surface area contributed by atoms with E-state index in [1.165, 1.54) is 27.4 Å². The second-order valence-corrected chi connectivity index (χ2v) is 5.45. The third-order valence-corrected chi connectivity index (χ3v) is 3.79. The molecule has 0 radical (unpaired) electrons. The number of carbonyl (C=O) groups is 1. The highest BCUT2D eigenvalue weighted by molar-refractivity contribution is 8.03. The largest absolute Gasteiger partial charge is 0.496 e. The predicted molar refractivity (Wildman–Crippen MR) is 86.6 cm³/mol. The number of ether oxygens (including phenoxy) is 3. The van der Waals surface area contributed by atoms with Crippen LogP contribution in [0.5, 0.6) is 17.2 Å². The van der Waals surface area contributed by atoms with E-state index in [0.717, 1.165) is 11.8 Å². The number of aryl methyl sites for hydroxylation is 1. The van der Waals surface area contributed by atoms with Gasteiger partial charge in [0.25, 0.3) is 5.22 Å². The minimum Gasteiger partial charge on any atom is -0.496 e. The first-order valence-corrected chi connectivity index (χ1v) is 7.53. The summed E-state index contributed by atoms with van der Waals surface area (Å²) in [5, 5.41) is 17.0. The molecule has 0 saturated heterocycles. The smallest absolute Gasteiger partial charge is 0.342 e. The number of methoxy groups -OCH3 is 3. The Morgan fingerprint density at radius 3 is 2.25 bits per heavy atom. The first kappa shape index (κ1) is 17.7. The molecule has 2 rings (SSSR count). The lowest BCUT2D eigenvalue weighted by Crippen LogP contribution is -1.99. The van der Waals surface area contributed by atoms with E-state index in [-0.39, 0.29) is 10.1 Å². The van der Waals surface area contributed by atoms with Crippen molar-refractivity contribution in [3.8, 4) is 17.2 Å². The van der Waals surface area contributed by atoms with Gasteiger partial charge in [0.1, 0.15) is 10.7 Å². The molecule has 1 aromatic heterocycles. The molecule has 9 heteroatoms. The van der Waals surface area contributed by atoms with Gasteiger partial charge in [-0.15, -0.1) is 10.2 Å². The van der Waals surface area contributed by atoms with Crippen molar-refractivity contribution < 1.29 is 28.5 Å². The van der Waals surface area contributed by atoms with Crippen LogP contribution in [0.15, 0.2) is 26.7 Å². The molecule has 0 aliphatic heterocycles. The van der Waals surface area contributed by atoms with E-state index in [1.807, 2.05) is 0 Å². The number of aromatic nitrogens is 2. The van der Waals surface area contributed by atoms with Crippen molar-refractivity contribution in [2.75, 3.05) is 21.3 Å². The summed E-state index contributed by atoms with van der Waals surface area (Å²) in [6.45, 7) is 1.62. The van der Waals surface area contributed by atoms with Crippen molar-refractivity contribution in [3.05, 3.63) is 28.5 Å². The molecule has 24 heavy (non-hydrogen) atoms. The lowest BCUT2D eigenvalue weighted by atomic mass is 10.1. The summed E-state index contributed by atoms with van der Waals surface area (Å²) in [5.41, 5.74) is 0.510. The predicted octanol–water partition coefficient (Wildman–Crippen LogP) is 2.62. The average Bonchev–Trinajstić information content (AvgIpc) is 2.98. The van der Waals surface area contributed by atoms with Crippen LogP contribution in [-0.2, 0) is 4.79 Å². The minimum atomic E-state index is -1.13. The summed E-state index contributed by atoms with van der Waals surface area (Å²) in [6, 6.07) is 3.24. The van der Waals surface area contributed by atoms with Crippen LogP contribution in [0.2, 0.25) is 0 Å². The van der Waals surface area contributed by atoms with E-state index in [2.05, 4.69) is 10.2 Å². The molecule has 0 aliphatic carbocycles. The quantitative estimate of drug-likeness (QED) is 0.594. The maximum Gasteiger partial charge on any atom is 0.342 e. The molecule has 0 atom stereocenters. The third-order valence-electron chi connectivity index (χ3n) is 2.94. The topological polar surface area (TPSA) is 104 Å². The van der Waals surface area contributed by atoms with Crippen molar-refractivity contribution in [3.63, 3.8) is 0 Å². The van der Waals surface area contributed by atoms with Gasteiger partial charge in [0, 0.05) is 18.6 Å². The fourth-order valence-corrected chi connectivity index (χ4v) is 2.56. The Kier molecular flexibility index (Phi) is 5.69. The fraction of sp³-hybridized carbons (Fsp3) is 0.267. The van der Waals surface area contributed by atoms with Crippen LogP contribution in [0.4, 0.5) is 0 Å². The summed E-state index contributed by atoms with van der Waals surface area (Å²) in [5.74, 6) is 0.587. The van der Waals surface area contributed by atoms with Crippen LogP contribution in [-0.4, -0.2) is 42.6 Å². The van der Waals surface area contributed by atoms with E-state index < -0.39 is 5.97 Å². The van der Waals surface area contributed by atoms with Crippen molar-refractivity contribution in [1.82, 2.24) is 10.2 Å². The Balaban J connectivity index is 2.46. The van der Waals surface area contributed by atoms with Gasteiger partial charge in [-0.25, -0.2) is 4.79 Å². The maximum atomic E-state index is 11.5. The highest BCUT2D eigenvalue weighted by Crippen LogP contribution is 2.37. The second-order valence-electron chi connectivity index (χ2n) is 4.45. The molecule has 2 aromatic rings. The molecule has 1 N–H and O–H groups in total. The molecule has 0 spiro atoms. The monoisotopic (exact) mass is 352 g/mol. The zero-order valence-electron chi connectivity index (χ0n) is 13.5. The zero-order chi connectivity index (χ0) is 17.7. The highest BCUT2D eigenvalue weighted by Gasteiger charge is 2.17. The van der Waals surface area contributed by atoms with E-state index in [4.69, 9.17) is 18.6 Å². The Morgan fingerprint density at radius 1 is 1.12 bits per heavy atom. The van der Waals surface area contributed by atoms with Gasteiger partial charge >= 0.3 is 5.97 Å². The third kappa shape index (κ3) is 3.99. The van der Waals surface area contributed by atoms with Gasteiger partial charge in [-0.3, -0.25) is 0 Å². The Labute approximate surface area is 142 Å². The SMILES string of the molecule is COc1cc(OC)c(OC)cc1/C=C(\Sc1nnc(C)o1)C(=O)O. The number of aliphatic carboxylic acids is 1. The Morgan fingerprint density at radius 2 is 1.75 bits per heavy atom. The molecular weight excluding hydrogens is 336 g/mol. The Bertz CT molecular complexity index is 771. The maximum absolute atomic E-state index is 11.5. The first-order chi connectivity index (χ1) is 11.5. The van der Waals surface area contributed by atoms with Crippen molar-refractivity contribution in [2.24, 2.45) is 0 Å². The first-order valence-electron chi connectivity index (χ1n) is 6.71. The molecule has 0 saturated carbocycles. The van der Waals surface area contributed by atoms with Gasteiger partial charge in [-0.2, -0.15) is 0 Å². The summed E-state index contributed by atoms with van der Waals surface area (Å²) >= 11 is 0.849. The molecule has 0 fully saturated rings. The van der Waals surface area contributed by atoms with Crippen molar-refractivity contribution in [2.45, 2.75) is 12.1 Å². The molecule has 0 bridgehead atoms. The van der Waals surface area contributed by atoms with Crippen LogP contribution in [0, 0.1) is 6.92 Å². The Hall–Kier alpha value is -2.68. The zero-order valence-corrected chi connectivity index (χ0v) is 14.3. The lowest BCUT2D eigenvalue weighted by molar-refractivity contribution is -0.131. The summed E-state index contributed by atoms with van der Waals surface area (Å²) in [6.07, 6.45) is 1.44.